The van der Waals surface area contributed by atoms with Crippen LogP contribution in [0.4, 0.5) is 4.79 Å². The second-order valence-electron chi connectivity index (χ2n) is 10.9. The number of carbonyl (C=O) groups is 2. The van der Waals surface area contributed by atoms with Crippen LogP contribution in [0.5, 0.6) is 0 Å². The first kappa shape index (κ1) is 19.7. The van der Waals surface area contributed by atoms with E-state index in [4.69, 9.17) is 9.31 Å². The van der Waals surface area contributed by atoms with E-state index in [1.54, 1.807) is 0 Å². The molecule has 4 saturated carbocycles. The number of amides is 1. The van der Waals surface area contributed by atoms with E-state index in [2.05, 4.69) is 20.8 Å². The van der Waals surface area contributed by atoms with E-state index in [0.29, 0.717) is 30.7 Å². The molecule has 4 bridgehead atoms. The van der Waals surface area contributed by atoms with E-state index in [1.165, 1.54) is 11.3 Å². The number of carboxylic acids is 1. The number of aliphatic carboxylic acids is 1. The van der Waals surface area contributed by atoms with Gasteiger partial charge in [0, 0.05) is 6.54 Å². The molecule has 2 saturated heterocycles. The SMILES string of the molecule is CC1(C)[C@@H]2C[C@H]3OB(CCCC4C5CC[C@@]4(C(=O)O)N(C(=O)O)C5)O[C@@]3(C)[C@H]1C2. The number of hydrogen-bond donors (Lipinski definition) is 2. The van der Waals surface area contributed by atoms with Crippen LogP contribution in [-0.4, -0.2) is 58.1 Å². The van der Waals surface area contributed by atoms with Crippen molar-refractivity contribution in [3.63, 3.8) is 0 Å². The third-order valence-corrected chi connectivity index (χ3v) is 9.54. The minimum atomic E-state index is -1.24. The van der Waals surface area contributed by atoms with Crippen LogP contribution in [-0.2, 0) is 14.1 Å². The van der Waals surface area contributed by atoms with Crippen molar-refractivity contribution in [2.45, 2.75) is 82.9 Å². The molecule has 0 aromatic carbocycles. The fourth-order valence-corrected chi connectivity index (χ4v) is 7.82. The van der Waals surface area contributed by atoms with Gasteiger partial charge < -0.3 is 19.5 Å². The second-order valence-corrected chi connectivity index (χ2v) is 10.9. The lowest BCUT2D eigenvalue weighted by Crippen LogP contribution is -2.65. The molecule has 1 amide bonds. The first-order chi connectivity index (χ1) is 13.6. The zero-order valence-electron chi connectivity index (χ0n) is 17.6. The van der Waals surface area contributed by atoms with Gasteiger partial charge in [0.05, 0.1) is 11.7 Å². The monoisotopic (exact) mass is 405 g/mol. The zero-order chi connectivity index (χ0) is 20.8. The van der Waals surface area contributed by atoms with Crippen LogP contribution in [0.25, 0.3) is 0 Å². The van der Waals surface area contributed by atoms with Gasteiger partial charge in [0.2, 0.25) is 0 Å². The number of nitrogens with zero attached hydrogens (tertiary/aromatic N) is 1. The lowest BCUT2D eigenvalue weighted by Gasteiger charge is -2.64. The van der Waals surface area contributed by atoms with Crippen LogP contribution < -0.4 is 0 Å². The Morgan fingerprint density at radius 2 is 1.97 bits per heavy atom. The van der Waals surface area contributed by atoms with Crippen LogP contribution in [0.15, 0.2) is 0 Å². The van der Waals surface area contributed by atoms with E-state index >= 15 is 0 Å². The van der Waals surface area contributed by atoms with Gasteiger partial charge in [-0.2, -0.15) is 0 Å². The van der Waals surface area contributed by atoms with Gasteiger partial charge in [-0.05, 0) is 74.4 Å². The first-order valence-electron chi connectivity index (χ1n) is 11.2. The van der Waals surface area contributed by atoms with E-state index in [0.717, 1.165) is 31.5 Å². The number of carboxylic acid groups (broad SMARTS) is 2. The summed E-state index contributed by atoms with van der Waals surface area (Å²) in [5.74, 6) is 0.315. The predicted molar refractivity (Wildman–Crippen MR) is 105 cm³/mol. The van der Waals surface area contributed by atoms with E-state index in [9.17, 15) is 19.8 Å². The smallest absolute Gasteiger partial charge is 0.457 e. The van der Waals surface area contributed by atoms with Gasteiger partial charge in [0.25, 0.3) is 0 Å². The summed E-state index contributed by atoms with van der Waals surface area (Å²) >= 11 is 0. The molecule has 7 nitrogen and oxygen atoms in total. The molecule has 0 aromatic heterocycles. The fraction of sp³-hybridized carbons (Fsp3) is 0.905. The van der Waals surface area contributed by atoms with E-state index in [-0.39, 0.29) is 30.7 Å². The molecule has 2 aliphatic heterocycles. The highest BCUT2D eigenvalue weighted by molar-refractivity contribution is 6.45. The molecule has 6 aliphatic rings. The molecule has 2 N–H and O–H groups in total. The van der Waals surface area contributed by atoms with E-state index in [1.807, 2.05) is 0 Å². The van der Waals surface area contributed by atoms with Crippen LogP contribution in [0.1, 0.15) is 59.3 Å². The minimum Gasteiger partial charge on any atom is -0.479 e. The molecule has 6 fully saturated rings. The number of hydrogen-bond acceptors (Lipinski definition) is 4. The summed E-state index contributed by atoms with van der Waals surface area (Å²) in [5, 5.41) is 19.4. The molecule has 2 unspecified atom stereocenters. The number of likely N-dealkylation sites (tertiary alicyclic amines) is 1. The Morgan fingerprint density at radius 1 is 1.21 bits per heavy atom. The van der Waals surface area contributed by atoms with Gasteiger partial charge in [0.15, 0.2) is 0 Å². The summed E-state index contributed by atoms with van der Waals surface area (Å²) in [7, 11) is -0.226. The Bertz CT molecular complexity index is 745. The van der Waals surface area contributed by atoms with Crippen molar-refractivity contribution in [3.8, 4) is 0 Å². The molecular formula is C21H32BNO6. The largest absolute Gasteiger partial charge is 0.479 e. The predicted octanol–water partition coefficient (Wildman–Crippen LogP) is 3.34. The first-order valence-corrected chi connectivity index (χ1v) is 11.2. The van der Waals surface area contributed by atoms with Gasteiger partial charge >= 0.3 is 19.2 Å². The van der Waals surface area contributed by atoms with Crippen molar-refractivity contribution in [2.24, 2.45) is 29.1 Å². The van der Waals surface area contributed by atoms with Crippen molar-refractivity contribution in [1.82, 2.24) is 4.90 Å². The molecule has 29 heavy (non-hydrogen) atoms. The molecule has 4 aliphatic carbocycles. The minimum absolute atomic E-state index is 0.109. The number of rotatable bonds is 5. The summed E-state index contributed by atoms with van der Waals surface area (Å²) in [5.41, 5.74) is -1.13. The summed E-state index contributed by atoms with van der Waals surface area (Å²) in [6.45, 7) is 7.25. The van der Waals surface area contributed by atoms with Gasteiger partial charge in [0.1, 0.15) is 5.54 Å². The maximum atomic E-state index is 12.1. The number of piperidine rings is 1. The molecular weight excluding hydrogens is 373 g/mol. The fourth-order valence-electron chi connectivity index (χ4n) is 7.82. The van der Waals surface area contributed by atoms with Gasteiger partial charge in [-0.1, -0.05) is 20.3 Å². The summed E-state index contributed by atoms with van der Waals surface area (Å²) in [6, 6.07) is 0. The Morgan fingerprint density at radius 3 is 2.62 bits per heavy atom. The Hall–Kier alpha value is -1.28. The second kappa shape index (κ2) is 6.13. The lowest BCUT2D eigenvalue weighted by molar-refractivity contribution is -0.199. The molecule has 6 rings (SSSR count). The third kappa shape index (κ3) is 2.45. The molecule has 0 spiro atoms. The van der Waals surface area contributed by atoms with Crippen molar-refractivity contribution in [3.05, 3.63) is 0 Å². The van der Waals surface area contributed by atoms with Crippen LogP contribution in [0, 0.1) is 29.1 Å². The van der Waals surface area contributed by atoms with Crippen molar-refractivity contribution < 1.29 is 29.1 Å². The van der Waals surface area contributed by atoms with Gasteiger partial charge in [-0.25, -0.2) is 9.59 Å². The van der Waals surface area contributed by atoms with Gasteiger partial charge in [-0.15, -0.1) is 0 Å². The molecule has 8 heteroatoms. The van der Waals surface area contributed by atoms with Crippen LogP contribution in [0.2, 0.25) is 6.32 Å². The van der Waals surface area contributed by atoms with Crippen molar-refractivity contribution >= 4 is 19.2 Å². The third-order valence-electron chi connectivity index (χ3n) is 9.54. The average molecular weight is 405 g/mol. The normalized spacial score (nSPS) is 46.5. The van der Waals surface area contributed by atoms with Crippen LogP contribution >= 0.6 is 0 Å². The van der Waals surface area contributed by atoms with Crippen molar-refractivity contribution in [1.29, 1.82) is 0 Å². The highest BCUT2D eigenvalue weighted by Crippen LogP contribution is 2.66. The average Bonchev–Trinajstić information content (AvgIpc) is 3.28. The topological polar surface area (TPSA) is 96.3 Å². The molecule has 7 atom stereocenters. The molecule has 0 radical (unpaired) electrons. The summed E-state index contributed by atoms with van der Waals surface area (Å²) < 4.78 is 12.7. The maximum absolute atomic E-state index is 12.1. The molecule has 160 valence electrons. The van der Waals surface area contributed by atoms with Crippen LogP contribution in [0.3, 0.4) is 0 Å². The van der Waals surface area contributed by atoms with E-state index < -0.39 is 17.6 Å². The maximum Gasteiger partial charge on any atom is 0.457 e. The molecule has 0 aromatic rings. The standard InChI is InChI=1S/C21H32BNO6/c1-19(2)13-9-15(19)20(3)16(10-13)28-22(29-20)8-4-5-14-12-6-7-21(14,17(24)25)23(11-12)18(26)27/h12-16H,4-11H2,1-3H3,(H,24,25)(H,26,27)/t12?,13-,14?,15-,16+,20-,21+/m0/s1. The quantitative estimate of drug-likeness (QED) is 0.681. The Balaban J connectivity index is 1.22. The highest BCUT2D eigenvalue weighted by atomic mass is 16.7. The molecule has 2 heterocycles. The Labute approximate surface area is 172 Å². The highest BCUT2D eigenvalue weighted by Gasteiger charge is 2.68. The summed E-state index contributed by atoms with van der Waals surface area (Å²) in [6.07, 6.45) is 4.84. The summed E-state index contributed by atoms with van der Waals surface area (Å²) in [4.78, 5) is 24.9. The lowest BCUT2D eigenvalue weighted by atomic mass is 9.43. The van der Waals surface area contributed by atoms with Crippen molar-refractivity contribution in [2.75, 3.05) is 6.54 Å². The van der Waals surface area contributed by atoms with Gasteiger partial charge in [-0.3, -0.25) is 4.90 Å². The number of fused-ring (bicyclic) bond motifs is 2. The Kier molecular flexibility index (Phi) is 4.16. The zero-order valence-corrected chi connectivity index (χ0v) is 17.6.